The van der Waals surface area contributed by atoms with E-state index in [2.05, 4.69) is 0 Å². The lowest BCUT2D eigenvalue weighted by Crippen LogP contribution is -2.02. The molecule has 0 radical (unpaired) electrons. The number of aliphatic hydroxyl groups is 1. The molecule has 2 heteroatoms. The molecule has 0 amide bonds. The number of aryl methyl sites for hydroxylation is 1. The van der Waals surface area contributed by atoms with Crippen molar-refractivity contribution in [3.05, 3.63) is 71.0 Å². The Hall–Kier alpha value is -1.67. The van der Waals surface area contributed by atoms with Crippen LogP contribution in [0, 0.1) is 12.7 Å². The highest BCUT2D eigenvalue weighted by atomic mass is 19.1. The van der Waals surface area contributed by atoms with Crippen LogP contribution in [0.25, 0.3) is 0 Å². The van der Waals surface area contributed by atoms with Gasteiger partial charge in [0, 0.05) is 6.42 Å². The molecule has 1 atom stereocenters. The normalized spacial score (nSPS) is 12.4. The number of halogens is 1. The van der Waals surface area contributed by atoms with Crippen molar-refractivity contribution in [1.29, 1.82) is 0 Å². The van der Waals surface area contributed by atoms with Crippen molar-refractivity contribution in [1.82, 2.24) is 0 Å². The number of rotatable bonds is 3. The Labute approximate surface area is 101 Å². The van der Waals surface area contributed by atoms with E-state index >= 15 is 0 Å². The van der Waals surface area contributed by atoms with Crippen molar-refractivity contribution in [2.75, 3.05) is 0 Å². The fourth-order valence-corrected chi connectivity index (χ4v) is 1.89. The Morgan fingerprint density at radius 2 is 1.88 bits per heavy atom. The van der Waals surface area contributed by atoms with Crippen molar-refractivity contribution < 1.29 is 9.50 Å². The van der Waals surface area contributed by atoms with Crippen LogP contribution in [0.3, 0.4) is 0 Å². The Balaban J connectivity index is 2.14. The topological polar surface area (TPSA) is 20.2 Å². The molecule has 1 unspecified atom stereocenters. The van der Waals surface area contributed by atoms with E-state index in [4.69, 9.17) is 0 Å². The molecule has 88 valence electrons. The molecule has 0 aliphatic rings. The van der Waals surface area contributed by atoms with Crippen LogP contribution >= 0.6 is 0 Å². The summed E-state index contributed by atoms with van der Waals surface area (Å²) in [6.07, 6.45) is -0.155. The summed E-state index contributed by atoms with van der Waals surface area (Å²) in [5, 5.41) is 10.0. The number of benzene rings is 2. The zero-order chi connectivity index (χ0) is 12.3. The van der Waals surface area contributed by atoms with Gasteiger partial charge in [0.2, 0.25) is 0 Å². The summed E-state index contributed by atoms with van der Waals surface area (Å²) >= 11 is 0. The summed E-state index contributed by atoms with van der Waals surface area (Å²) in [5.74, 6) is -0.314. The first-order valence-corrected chi connectivity index (χ1v) is 5.64. The maximum atomic E-state index is 13.0. The summed E-state index contributed by atoms with van der Waals surface area (Å²) in [5.41, 5.74) is 2.84. The summed E-state index contributed by atoms with van der Waals surface area (Å²) in [4.78, 5) is 0. The van der Waals surface area contributed by atoms with Gasteiger partial charge in [0.15, 0.2) is 0 Å². The molecule has 0 fully saturated rings. The molecule has 1 N–H and O–H groups in total. The smallest absolute Gasteiger partial charge is 0.123 e. The average molecular weight is 230 g/mol. The first-order valence-electron chi connectivity index (χ1n) is 5.64. The van der Waals surface area contributed by atoms with Gasteiger partial charge in [-0.2, -0.15) is 0 Å². The Morgan fingerprint density at radius 1 is 1.12 bits per heavy atom. The Bertz CT molecular complexity index is 508. The minimum absolute atomic E-state index is 0.314. The standard InChI is InChI=1S/C15H15FO/c1-11-4-2-5-12(8-11)9-15(17)13-6-3-7-14(16)10-13/h2-8,10,15,17H,9H2,1H3. The Morgan fingerprint density at radius 3 is 2.59 bits per heavy atom. The molecule has 2 aromatic rings. The second kappa shape index (κ2) is 5.11. The number of hydrogen-bond donors (Lipinski definition) is 1. The summed E-state index contributed by atoms with van der Waals surface area (Å²) in [6, 6.07) is 14.1. The van der Waals surface area contributed by atoms with Gasteiger partial charge in [-0.3, -0.25) is 0 Å². The quantitative estimate of drug-likeness (QED) is 0.856. The zero-order valence-corrected chi connectivity index (χ0v) is 9.73. The molecule has 0 saturated heterocycles. The highest BCUT2D eigenvalue weighted by Gasteiger charge is 2.09. The molecule has 17 heavy (non-hydrogen) atoms. The van der Waals surface area contributed by atoms with E-state index in [1.807, 2.05) is 31.2 Å². The fourth-order valence-electron chi connectivity index (χ4n) is 1.89. The SMILES string of the molecule is Cc1cccc(CC(O)c2cccc(F)c2)c1. The molecule has 0 aliphatic carbocycles. The van der Waals surface area contributed by atoms with E-state index in [1.54, 1.807) is 12.1 Å². The molecule has 1 nitrogen and oxygen atoms in total. The van der Waals surface area contributed by atoms with E-state index in [1.165, 1.54) is 12.1 Å². The van der Waals surface area contributed by atoms with Crippen LogP contribution in [0.15, 0.2) is 48.5 Å². The highest BCUT2D eigenvalue weighted by molar-refractivity contribution is 5.26. The number of hydrogen-bond acceptors (Lipinski definition) is 1. The van der Waals surface area contributed by atoms with Gasteiger partial charge >= 0.3 is 0 Å². The largest absolute Gasteiger partial charge is 0.388 e. The van der Waals surface area contributed by atoms with Gasteiger partial charge in [0.05, 0.1) is 6.10 Å². The fraction of sp³-hybridized carbons (Fsp3) is 0.200. The highest BCUT2D eigenvalue weighted by Crippen LogP contribution is 2.19. The van der Waals surface area contributed by atoms with E-state index in [-0.39, 0.29) is 5.82 Å². The van der Waals surface area contributed by atoms with E-state index < -0.39 is 6.10 Å². The molecule has 0 spiro atoms. The van der Waals surface area contributed by atoms with Crippen LogP contribution in [0.5, 0.6) is 0 Å². The predicted octanol–water partition coefficient (Wildman–Crippen LogP) is 3.41. The zero-order valence-electron chi connectivity index (χ0n) is 9.73. The third-order valence-electron chi connectivity index (χ3n) is 2.74. The molecular weight excluding hydrogens is 215 g/mol. The van der Waals surface area contributed by atoms with Gasteiger partial charge < -0.3 is 5.11 Å². The van der Waals surface area contributed by atoms with Gasteiger partial charge in [0.25, 0.3) is 0 Å². The van der Waals surface area contributed by atoms with Gasteiger partial charge in [0.1, 0.15) is 5.82 Å². The Kier molecular flexibility index (Phi) is 3.55. The van der Waals surface area contributed by atoms with Gasteiger partial charge in [-0.05, 0) is 30.2 Å². The van der Waals surface area contributed by atoms with E-state index in [9.17, 15) is 9.50 Å². The van der Waals surface area contributed by atoms with Crippen molar-refractivity contribution in [3.8, 4) is 0 Å². The minimum Gasteiger partial charge on any atom is -0.388 e. The first-order chi connectivity index (χ1) is 8.15. The lowest BCUT2D eigenvalue weighted by Gasteiger charge is -2.11. The van der Waals surface area contributed by atoms with Crippen LogP contribution in [-0.4, -0.2) is 5.11 Å². The van der Waals surface area contributed by atoms with Crippen LogP contribution < -0.4 is 0 Å². The van der Waals surface area contributed by atoms with Crippen LogP contribution in [0.4, 0.5) is 4.39 Å². The number of aliphatic hydroxyl groups excluding tert-OH is 1. The molecule has 0 aromatic heterocycles. The van der Waals surface area contributed by atoms with Gasteiger partial charge in [-0.1, -0.05) is 42.0 Å². The lowest BCUT2D eigenvalue weighted by atomic mass is 10.0. The molecular formula is C15H15FO. The maximum Gasteiger partial charge on any atom is 0.123 e. The van der Waals surface area contributed by atoms with Crippen molar-refractivity contribution in [2.24, 2.45) is 0 Å². The first kappa shape index (κ1) is 11.8. The second-order valence-electron chi connectivity index (χ2n) is 4.26. The second-order valence-corrected chi connectivity index (χ2v) is 4.26. The summed E-state index contributed by atoms with van der Waals surface area (Å²) < 4.78 is 13.0. The van der Waals surface area contributed by atoms with E-state index in [0.717, 1.165) is 11.1 Å². The van der Waals surface area contributed by atoms with Crippen LogP contribution in [0.1, 0.15) is 22.8 Å². The minimum atomic E-state index is -0.660. The third-order valence-corrected chi connectivity index (χ3v) is 2.74. The predicted molar refractivity (Wildman–Crippen MR) is 66.2 cm³/mol. The molecule has 0 heterocycles. The maximum absolute atomic E-state index is 13.0. The van der Waals surface area contributed by atoms with Crippen LogP contribution in [-0.2, 0) is 6.42 Å². The van der Waals surface area contributed by atoms with Gasteiger partial charge in [-0.25, -0.2) is 4.39 Å². The lowest BCUT2D eigenvalue weighted by molar-refractivity contribution is 0.178. The third kappa shape index (κ3) is 3.14. The van der Waals surface area contributed by atoms with Gasteiger partial charge in [-0.15, -0.1) is 0 Å². The van der Waals surface area contributed by atoms with Crippen molar-refractivity contribution in [3.63, 3.8) is 0 Å². The average Bonchev–Trinajstić information content (AvgIpc) is 2.29. The molecule has 2 rings (SSSR count). The van der Waals surface area contributed by atoms with Crippen molar-refractivity contribution >= 4 is 0 Å². The molecule has 0 saturated carbocycles. The molecule has 2 aromatic carbocycles. The van der Waals surface area contributed by atoms with Crippen molar-refractivity contribution in [2.45, 2.75) is 19.4 Å². The summed E-state index contributed by atoms with van der Waals surface area (Å²) in [6.45, 7) is 2.01. The molecule has 0 bridgehead atoms. The summed E-state index contributed by atoms with van der Waals surface area (Å²) in [7, 11) is 0. The monoisotopic (exact) mass is 230 g/mol. The molecule has 0 aliphatic heterocycles. The van der Waals surface area contributed by atoms with Crippen LogP contribution in [0.2, 0.25) is 0 Å². The van der Waals surface area contributed by atoms with E-state index in [0.29, 0.717) is 12.0 Å².